The first-order valence-corrected chi connectivity index (χ1v) is 8.40. The van der Waals surface area contributed by atoms with Gasteiger partial charge in [0.2, 0.25) is 5.91 Å². The minimum atomic E-state index is -2.95. The Labute approximate surface area is 156 Å². The van der Waals surface area contributed by atoms with Gasteiger partial charge in [-0.3, -0.25) is 4.79 Å². The number of carbonyl (C=O) groups is 1. The van der Waals surface area contributed by atoms with E-state index in [0.29, 0.717) is 24.1 Å². The summed E-state index contributed by atoms with van der Waals surface area (Å²) in [6.07, 6.45) is 0.425. The van der Waals surface area contributed by atoms with Crippen LogP contribution in [0.25, 0.3) is 0 Å². The molecule has 0 radical (unpaired) electrons. The number of hydrogen-bond donors (Lipinski definition) is 1. The molecule has 2 aromatic carbocycles. The lowest BCUT2D eigenvalue weighted by atomic mass is 9.83. The summed E-state index contributed by atoms with van der Waals surface area (Å²) >= 11 is 0. The largest absolute Gasteiger partial charge is 0.493 e. The highest BCUT2D eigenvalue weighted by Crippen LogP contribution is 2.29. The van der Waals surface area contributed by atoms with E-state index in [1.807, 2.05) is 0 Å². The second kappa shape index (κ2) is 8.79. The van der Waals surface area contributed by atoms with E-state index in [4.69, 9.17) is 4.74 Å². The van der Waals surface area contributed by atoms with Gasteiger partial charge < -0.3 is 14.8 Å². The molecule has 0 fully saturated rings. The number of alkyl halides is 2. The monoisotopic (exact) mass is 381 g/mol. The standard InChI is InChI=1S/C20H22F3NO3/c1-20(2,14-5-7-15(21)8-6-14)18(25)24-11-10-13-4-9-16(26-3)17(12-13)27-19(22)23/h4-9,12,19H,10-11H2,1-3H3,(H,24,25). The number of amides is 1. The molecule has 0 atom stereocenters. The molecule has 27 heavy (non-hydrogen) atoms. The van der Waals surface area contributed by atoms with Gasteiger partial charge in [0.05, 0.1) is 12.5 Å². The Balaban J connectivity index is 1.98. The van der Waals surface area contributed by atoms with Crippen molar-refractivity contribution in [1.82, 2.24) is 5.32 Å². The van der Waals surface area contributed by atoms with Crippen LogP contribution in [0.5, 0.6) is 11.5 Å². The van der Waals surface area contributed by atoms with Crippen LogP contribution in [-0.4, -0.2) is 26.2 Å². The summed E-state index contributed by atoms with van der Waals surface area (Å²) in [6.45, 7) is 0.851. The van der Waals surface area contributed by atoms with E-state index >= 15 is 0 Å². The number of methoxy groups -OCH3 is 1. The minimum absolute atomic E-state index is 0.0528. The number of ether oxygens (including phenoxy) is 2. The lowest BCUT2D eigenvalue weighted by Gasteiger charge is -2.24. The highest BCUT2D eigenvalue weighted by molar-refractivity contribution is 5.87. The van der Waals surface area contributed by atoms with Gasteiger partial charge in [-0.25, -0.2) is 4.39 Å². The Morgan fingerprint density at radius 2 is 1.78 bits per heavy atom. The Hall–Kier alpha value is -2.70. The topological polar surface area (TPSA) is 47.6 Å². The van der Waals surface area contributed by atoms with Crippen molar-refractivity contribution in [2.75, 3.05) is 13.7 Å². The molecule has 0 aliphatic carbocycles. The van der Waals surface area contributed by atoms with E-state index in [9.17, 15) is 18.0 Å². The van der Waals surface area contributed by atoms with Gasteiger partial charge in [0.25, 0.3) is 0 Å². The van der Waals surface area contributed by atoms with Gasteiger partial charge in [-0.1, -0.05) is 18.2 Å². The third kappa shape index (κ3) is 5.39. The average Bonchev–Trinajstić information content (AvgIpc) is 2.61. The lowest BCUT2D eigenvalue weighted by molar-refractivity contribution is -0.125. The van der Waals surface area contributed by atoms with Crippen molar-refractivity contribution in [3.63, 3.8) is 0 Å². The van der Waals surface area contributed by atoms with Crippen LogP contribution in [0.2, 0.25) is 0 Å². The number of nitrogens with one attached hydrogen (secondary N) is 1. The van der Waals surface area contributed by atoms with Gasteiger partial charge in [-0.05, 0) is 55.7 Å². The highest BCUT2D eigenvalue weighted by Gasteiger charge is 2.29. The van der Waals surface area contributed by atoms with E-state index < -0.39 is 12.0 Å². The molecule has 7 heteroatoms. The van der Waals surface area contributed by atoms with E-state index in [1.54, 1.807) is 32.0 Å². The zero-order valence-corrected chi connectivity index (χ0v) is 15.4. The molecule has 1 amide bonds. The van der Waals surface area contributed by atoms with Gasteiger partial charge in [-0.15, -0.1) is 0 Å². The molecule has 0 aromatic heterocycles. The van der Waals surface area contributed by atoms with E-state index in [0.717, 1.165) is 0 Å². The lowest BCUT2D eigenvalue weighted by Crippen LogP contribution is -2.40. The van der Waals surface area contributed by atoms with Gasteiger partial charge in [0.1, 0.15) is 5.82 Å². The Bertz CT molecular complexity index is 777. The van der Waals surface area contributed by atoms with E-state index in [1.165, 1.54) is 31.4 Å². The summed E-state index contributed by atoms with van der Waals surface area (Å²) in [5, 5.41) is 2.82. The number of benzene rings is 2. The summed E-state index contributed by atoms with van der Waals surface area (Å²) in [5.41, 5.74) is 0.571. The van der Waals surface area contributed by atoms with Crippen LogP contribution in [0.3, 0.4) is 0 Å². The molecule has 0 saturated heterocycles. The highest BCUT2D eigenvalue weighted by atomic mass is 19.3. The number of halogens is 3. The first kappa shape index (κ1) is 20.6. The van der Waals surface area contributed by atoms with Crippen LogP contribution >= 0.6 is 0 Å². The van der Waals surface area contributed by atoms with Crippen molar-refractivity contribution in [2.24, 2.45) is 0 Å². The van der Waals surface area contributed by atoms with E-state index in [2.05, 4.69) is 10.1 Å². The zero-order valence-electron chi connectivity index (χ0n) is 15.4. The second-order valence-corrected chi connectivity index (χ2v) is 6.50. The molecular weight excluding hydrogens is 359 g/mol. The zero-order chi connectivity index (χ0) is 20.0. The van der Waals surface area contributed by atoms with Crippen LogP contribution in [0, 0.1) is 5.82 Å². The van der Waals surface area contributed by atoms with Crippen LogP contribution in [0.15, 0.2) is 42.5 Å². The average molecular weight is 381 g/mol. The number of hydrogen-bond acceptors (Lipinski definition) is 3. The summed E-state index contributed by atoms with van der Waals surface area (Å²) in [7, 11) is 1.37. The predicted octanol–water partition coefficient (Wildman–Crippen LogP) is 4.07. The summed E-state index contributed by atoms with van der Waals surface area (Å²) in [4.78, 5) is 12.5. The minimum Gasteiger partial charge on any atom is -0.493 e. The molecule has 2 aromatic rings. The fourth-order valence-corrected chi connectivity index (χ4v) is 2.60. The SMILES string of the molecule is COc1ccc(CCNC(=O)C(C)(C)c2ccc(F)cc2)cc1OC(F)F. The predicted molar refractivity (Wildman–Crippen MR) is 95.8 cm³/mol. The van der Waals surface area contributed by atoms with Crippen LogP contribution < -0.4 is 14.8 Å². The van der Waals surface area contributed by atoms with Gasteiger partial charge in [0.15, 0.2) is 11.5 Å². The Morgan fingerprint density at radius 3 is 2.37 bits per heavy atom. The maximum absolute atomic E-state index is 13.1. The van der Waals surface area contributed by atoms with Crippen molar-refractivity contribution >= 4 is 5.91 Å². The fraction of sp³-hybridized carbons (Fsp3) is 0.350. The third-order valence-electron chi connectivity index (χ3n) is 4.28. The smallest absolute Gasteiger partial charge is 0.387 e. The molecule has 0 aliphatic rings. The first-order valence-electron chi connectivity index (χ1n) is 8.40. The Kier molecular flexibility index (Phi) is 6.71. The van der Waals surface area contributed by atoms with Gasteiger partial charge in [-0.2, -0.15) is 8.78 Å². The molecule has 146 valence electrons. The number of rotatable bonds is 8. The van der Waals surface area contributed by atoms with Gasteiger partial charge >= 0.3 is 6.61 Å². The molecule has 0 spiro atoms. The molecule has 4 nitrogen and oxygen atoms in total. The maximum Gasteiger partial charge on any atom is 0.387 e. The summed E-state index contributed by atoms with van der Waals surface area (Å²) in [6, 6.07) is 10.5. The van der Waals surface area contributed by atoms with Gasteiger partial charge in [0, 0.05) is 6.54 Å². The van der Waals surface area contributed by atoms with E-state index in [-0.39, 0.29) is 23.2 Å². The summed E-state index contributed by atoms with van der Waals surface area (Å²) < 4.78 is 47.5. The maximum atomic E-state index is 13.1. The van der Waals surface area contributed by atoms with Crippen molar-refractivity contribution in [1.29, 1.82) is 0 Å². The van der Waals surface area contributed by atoms with Crippen LogP contribution in [0.1, 0.15) is 25.0 Å². The normalized spacial score (nSPS) is 11.4. The van der Waals surface area contributed by atoms with Crippen LogP contribution in [0.4, 0.5) is 13.2 Å². The molecular formula is C20H22F3NO3. The number of carbonyl (C=O) groups excluding carboxylic acids is 1. The molecule has 0 bridgehead atoms. The molecule has 0 saturated carbocycles. The first-order chi connectivity index (χ1) is 12.7. The third-order valence-corrected chi connectivity index (χ3v) is 4.28. The van der Waals surface area contributed by atoms with Crippen molar-refractivity contribution < 1.29 is 27.4 Å². The molecule has 0 heterocycles. The Morgan fingerprint density at radius 1 is 1.11 bits per heavy atom. The van der Waals surface area contributed by atoms with Crippen molar-refractivity contribution in [3.05, 3.63) is 59.4 Å². The molecule has 0 aliphatic heterocycles. The quantitative estimate of drug-likeness (QED) is 0.750. The molecule has 0 unspecified atom stereocenters. The summed E-state index contributed by atoms with van der Waals surface area (Å²) in [5.74, 6) is -0.425. The molecule has 2 rings (SSSR count). The second-order valence-electron chi connectivity index (χ2n) is 6.50. The van der Waals surface area contributed by atoms with Crippen LogP contribution in [-0.2, 0) is 16.6 Å². The molecule has 1 N–H and O–H groups in total. The fourth-order valence-electron chi connectivity index (χ4n) is 2.60. The van der Waals surface area contributed by atoms with Crippen molar-refractivity contribution in [3.8, 4) is 11.5 Å². The van der Waals surface area contributed by atoms with Crippen molar-refractivity contribution in [2.45, 2.75) is 32.3 Å².